The second-order valence-corrected chi connectivity index (χ2v) is 15.1. The summed E-state index contributed by atoms with van der Waals surface area (Å²) in [5, 5.41) is 8.54. The van der Waals surface area contributed by atoms with Gasteiger partial charge in [0.1, 0.15) is 35.1 Å². The summed E-state index contributed by atoms with van der Waals surface area (Å²) in [7, 11) is 3.39. The molecule has 5 atom stereocenters. The molecule has 5 amide bonds. The summed E-state index contributed by atoms with van der Waals surface area (Å²) in [6.45, 7) is 5.21. The smallest absolute Gasteiger partial charge is 0.410 e. The van der Waals surface area contributed by atoms with E-state index in [1.165, 1.54) is 15.9 Å². The number of nitrogens with zero attached hydrogens (tertiary/aromatic N) is 3. The number of allylic oxidation sites excluding steroid dienone is 1. The summed E-state index contributed by atoms with van der Waals surface area (Å²) < 4.78 is 25.7. The minimum absolute atomic E-state index is 0.0311. The zero-order chi connectivity index (χ0) is 36.4. The Morgan fingerprint density at radius 1 is 1.12 bits per heavy atom. The number of ether oxygens (including phenoxy) is 2. The van der Waals surface area contributed by atoms with Crippen molar-refractivity contribution in [1.29, 1.82) is 0 Å². The van der Waals surface area contributed by atoms with E-state index in [1.54, 1.807) is 51.9 Å². The fourth-order valence-corrected chi connectivity index (χ4v) is 6.76. The monoisotopic (exact) mass is 714 g/mol. The Labute approximate surface area is 297 Å². The average Bonchev–Trinajstić information content (AvgIpc) is 3.33. The molecule has 1 saturated heterocycles. The van der Waals surface area contributed by atoms with Crippen LogP contribution in [-0.2, 0) is 36.9 Å². The number of rotatable bonds is 3. The van der Waals surface area contributed by atoms with Gasteiger partial charge >= 0.3 is 12.2 Å². The highest BCUT2D eigenvalue weighted by molar-refractivity contribution is 7.80. The summed E-state index contributed by atoms with van der Waals surface area (Å²) >= 11 is 5.31. The van der Waals surface area contributed by atoms with Crippen LogP contribution in [0.15, 0.2) is 30.4 Å². The van der Waals surface area contributed by atoms with E-state index in [9.17, 15) is 28.4 Å². The number of carbonyl (C=O) groups excluding carboxylic acids is 5. The largest absolute Gasteiger partial charge is 0.444 e. The van der Waals surface area contributed by atoms with Crippen LogP contribution in [0.5, 0.6) is 0 Å². The summed E-state index contributed by atoms with van der Waals surface area (Å²) in [6.07, 6.45) is 5.11. The molecule has 0 radical (unpaired) electrons. The van der Waals surface area contributed by atoms with Crippen molar-refractivity contribution in [2.45, 2.75) is 108 Å². The highest BCUT2D eigenvalue weighted by Crippen LogP contribution is 2.45. The lowest BCUT2D eigenvalue weighted by molar-refractivity contribution is -0.141. The zero-order valence-corrected chi connectivity index (χ0v) is 30.1. The molecule has 272 valence electrons. The number of nitrogens with one attached hydrogen (secondary N) is 3. The van der Waals surface area contributed by atoms with Gasteiger partial charge in [-0.2, -0.15) is 0 Å². The molecule has 15 heteroatoms. The molecule has 13 nitrogen and oxygen atoms in total. The van der Waals surface area contributed by atoms with Crippen LogP contribution in [0.25, 0.3) is 0 Å². The maximum atomic E-state index is 14.4. The lowest BCUT2D eigenvalue weighted by Gasteiger charge is -2.30. The van der Waals surface area contributed by atoms with Gasteiger partial charge in [-0.05, 0) is 70.3 Å². The zero-order valence-electron chi connectivity index (χ0n) is 29.3. The molecule has 3 N–H and O–H groups in total. The molecular formula is C35H47FN6O7S. The normalized spacial score (nSPS) is 27.3. The maximum Gasteiger partial charge on any atom is 0.410 e. The number of alkyl carbamates (subject to hydrolysis) is 1. The van der Waals surface area contributed by atoms with Crippen LogP contribution in [0.4, 0.5) is 14.0 Å². The van der Waals surface area contributed by atoms with Crippen molar-refractivity contribution in [3.8, 4) is 0 Å². The van der Waals surface area contributed by atoms with E-state index in [2.05, 4.69) is 16.0 Å². The van der Waals surface area contributed by atoms with Crippen LogP contribution >= 0.6 is 12.2 Å². The van der Waals surface area contributed by atoms with E-state index in [1.807, 2.05) is 12.2 Å². The van der Waals surface area contributed by atoms with E-state index in [0.29, 0.717) is 30.4 Å². The van der Waals surface area contributed by atoms with Gasteiger partial charge in [0.25, 0.3) is 5.91 Å². The number of hydrogen-bond donors (Lipinski definition) is 3. The third-order valence-electron chi connectivity index (χ3n) is 9.41. The fraction of sp³-hybridized carbons (Fsp3) is 0.600. The third kappa shape index (κ3) is 8.53. The molecule has 50 heavy (non-hydrogen) atoms. The number of benzene rings is 1. The van der Waals surface area contributed by atoms with Crippen LogP contribution in [0, 0.1) is 11.7 Å². The average molecular weight is 715 g/mol. The number of amides is 5. The lowest BCUT2D eigenvalue weighted by atomic mass is 10.0. The molecule has 1 aromatic rings. The van der Waals surface area contributed by atoms with Crippen molar-refractivity contribution < 1.29 is 37.8 Å². The van der Waals surface area contributed by atoms with Crippen LogP contribution < -0.4 is 16.0 Å². The molecule has 0 unspecified atom stereocenters. The van der Waals surface area contributed by atoms with E-state index in [-0.39, 0.29) is 37.1 Å². The fourth-order valence-electron chi connectivity index (χ4n) is 6.66. The first-order chi connectivity index (χ1) is 23.6. The molecule has 1 aromatic carbocycles. The quantitative estimate of drug-likeness (QED) is 0.316. The molecule has 3 heterocycles. The number of carbonyl (C=O) groups is 5. The lowest BCUT2D eigenvalue weighted by Crippen LogP contribution is -2.58. The summed E-state index contributed by atoms with van der Waals surface area (Å²) in [5.41, 5.74) is -1.01. The SMILES string of the molecule is CN(C)C(=S)NC(=O)[C@@]12C[C@H]1/C=C\CCCCC[C@H](NC(=O)OC(C)(C)C)C(=O)N1C[C@H](OC(=O)N3Cc4cccc(F)c4C3)C[C@H]1C(=O)N2. The Hall–Kier alpha value is -4.27. The molecule has 2 fully saturated rings. The van der Waals surface area contributed by atoms with Crippen LogP contribution in [0.3, 0.4) is 0 Å². The predicted octanol–water partition coefficient (Wildman–Crippen LogP) is 3.50. The van der Waals surface area contributed by atoms with Gasteiger partial charge in [-0.15, -0.1) is 0 Å². The standard InChI is InChI=1S/C35H47FN6O7S/c1-34(2,3)49-32(46)37-26-15-10-8-6-7-9-13-22-17-35(22,30(45)38-31(50)40(4)5)39-28(43)27-16-23(19-42(27)29(26)44)48-33(47)41-18-21-12-11-14-25(36)24(21)20-41/h9,11-14,22-23,26-27H,6-8,10,15-20H2,1-5H3,(H,37,46)(H,39,43)(H,38,45,50)/b13-9-/t22-,23-,26+,27+,35-/m1/s1. The van der Waals surface area contributed by atoms with E-state index in [0.717, 1.165) is 19.3 Å². The minimum atomic E-state index is -1.29. The van der Waals surface area contributed by atoms with Crippen molar-refractivity contribution in [2.24, 2.45) is 5.92 Å². The topological polar surface area (TPSA) is 150 Å². The summed E-state index contributed by atoms with van der Waals surface area (Å²) in [5.74, 6) is -2.29. The van der Waals surface area contributed by atoms with Gasteiger partial charge in [0.2, 0.25) is 11.8 Å². The minimum Gasteiger partial charge on any atom is -0.444 e. The highest BCUT2D eigenvalue weighted by Gasteiger charge is 2.61. The Morgan fingerprint density at radius 3 is 2.58 bits per heavy atom. The first kappa shape index (κ1) is 37.0. The van der Waals surface area contributed by atoms with Gasteiger partial charge in [0.15, 0.2) is 5.11 Å². The predicted molar refractivity (Wildman–Crippen MR) is 185 cm³/mol. The van der Waals surface area contributed by atoms with Crippen LogP contribution in [0.2, 0.25) is 0 Å². The molecular weight excluding hydrogens is 667 g/mol. The Balaban J connectivity index is 1.40. The van der Waals surface area contributed by atoms with E-state index in [4.69, 9.17) is 21.7 Å². The van der Waals surface area contributed by atoms with Gasteiger partial charge in [-0.3, -0.25) is 19.3 Å². The molecule has 5 rings (SSSR count). The van der Waals surface area contributed by atoms with Crippen LogP contribution in [0.1, 0.15) is 76.8 Å². The van der Waals surface area contributed by atoms with E-state index < -0.39 is 65.1 Å². The molecule has 3 aliphatic heterocycles. The van der Waals surface area contributed by atoms with Gasteiger partial charge < -0.3 is 35.2 Å². The second-order valence-electron chi connectivity index (χ2n) is 14.7. The van der Waals surface area contributed by atoms with Crippen molar-refractivity contribution in [3.63, 3.8) is 0 Å². The van der Waals surface area contributed by atoms with Crippen molar-refractivity contribution >= 4 is 47.2 Å². The van der Waals surface area contributed by atoms with Crippen molar-refractivity contribution in [1.82, 2.24) is 30.7 Å². The first-order valence-electron chi connectivity index (χ1n) is 17.1. The number of halogens is 1. The van der Waals surface area contributed by atoms with Crippen LogP contribution in [-0.4, -0.2) is 99.7 Å². The number of hydrogen-bond acceptors (Lipinski definition) is 8. The summed E-state index contributed by atoms with van der Waals surface area (Å²) in [4.78, 5) is 72.5. The Kier molecular flexibility index (Phi) is 11.0. The van der Waals surface area contributed by atoms with Gasteiger partial charge in [-0.25, -0.2) is 14.0 Å². The summed E-state index contributed by atoms with van der Waals surface area (Å²) in [6, 6.07) is 2.52. The molecule has 4 aliphatic rings. The van der Waals surface area contributed by atoms with Crippen molar-refractivity contribution in [2.75, 3.05) is 20.6 Å². The maximum absolute atomic E-state index is 14.4. The highest BCUT2D eigenvalue weighted by atomic mass is 32.1. The van der Waals surface area contributed by atoms with Crippen molar-refractivity contribution in [3.05, 3.63) is 47.3 Å². The number of thiocarbonyl (C=S) groups is 1. The second kappa shape index (κ2) is 14.9. The van der Waals surface area contributed by atoms with Gasteiger partial charge in [0, 0.05) is 38.5 Å². The Morgan fingerprint density at radius 2 is 1.88 bits per heavy atom. The molecule has 0 bridgehead atoms. The molecule has 1 aliphatic carbocycles. The van der Waals surface area contributed by atoms with Gasteiger partial charge in [0.05, 0.1) is 13.1 Å². The molecule has 1 saturated carbocycles. The Bertz CT molecular complexity index is 1560. The third-order valence-corrected chi connectivity index (χ3v) is 9.88. The first-order valence-corrected chi connectivity index (χ1v) is 17.5. The van der Waals surface area contributed by atoms with Gasteiger partial charge in [-0.1, -0.05) is 37.1 Å². The molecule has 0 spiro atoms. The molecule has 0 aromatic heterocycles. The number of fused-ring (bicyclic) bond motifs is 3. The van der Waals surface area contributed by atoms with E-state index >= 15 is 0 Å².